The molecule has 0 aliphatic carbocycles. The van der Waals surface area contributed by atoms with Gasteiger partial charge in [0.25, 0.3) is 0 Å². The van der Waals surface area contributed by atoms with Gasteiger partial charge >= 0.3 is 5.97 Å². The third-order valence-electron chi connectivity index (χ3n) is 1.75. The zero-order valence-corrected chi connectivity index (χ0v) is 8.03. The molecule has 1 N–H and O–H groups in total. The average molecular weight is 193 g/mol. The zero-order valence-electron chi connectivity index (χ0n) is 8.03. The third-order valence-corrected chi connectivity index (χ3v) is 1.75. The van der Waals surface area contributed by atoms with Gasteiger partial charge in [0, 0.05) is 5.56 Å². The minimum Gasteiger partial charge on any atom is -0.481 e. The van der Waals surface area contributed by atoms with Crippen LogP contribution >= 0.6 is 0 Å². The summed E-state index contributed by atoms with van der Waals surface area (Å²) in [7, 11) is 2.73. The largest absolute Gasteiger partial charge is 0.481 e. The number of nitrogens with one attached hydrogen (secondary N) is 1. The highest BCUT2D eigenvalue weighted by atomic mass is 16.5. The van der Waals surface area contributed by atoms with Gasteiger partial charge < -0.3 is 9.47 Å². The quantitative estimate of drug-likeness (QED) is 0.439. The van der Waals surface area contributed by atoms with Crippen molar-refractivity contribution in [1.29, 1.82) is 5.41 Å². The lowest BCUT2D eigenvalue weighted by molar-refractivity contribution is 0.0600. The monoisotopic (exact) mass is 193 g/mol. The molecule has 0 spiro atoms. The van der Waals surface area contributed by atoms with Crippen LogP contribution in [0.15, 0.2) is 24.3 Å². The molecule has 0 radical (unpaired) electrons. The predicted molar refractivity (Wildman–Crippen MR) is 51.6 cm³/mol. The van der Waals surface area contributed by atoms with Crippen LogP contribution in [0.25, 0.3) is 0 Å². The number of carbonyl (C=O) groups excluding carboxylic acids is 1. The lowest BCUT2D eigenvalue weighted by Gasteiger charge is -2.03. The van der Waals surface area contributed by atoms with Gasteiger partial charge in [0.05, 0.1) is 19.8 Å². The molecular weight excluding hydrogens is 182 g/mol. The van der Waals surface area contributed by atoms with Gasteiger partial charge in [0.15, 0.2) is 0 Å². The fraction of sp³-hybridized carbons (Fsp3) is 0.200. The van der Waals surface area contributed by atoms with E-state index >= 15 is 0 Å². The molecule has 0 heterocycles. The van der Waals surface area contributed by atoms with Crippen molar-refractivity contribution in [2.24, 2.45) is 0 Å². The first-order valence-corrected chi connectivity index (χ1v) is 4.00. The van der Waals surface area contributed by atoms with Crippen LogP contribution in [0.1, 0.15) is 15.9 Å². The van der Waals surface area contributed by atoms with Crippen molar-refractivity contribution in [3.63, 3.8) is 0 Å². The lowest BCUT2D eigenvalue weighted by atomic mass is 10.1. The highest BCUT2D eigenvalue weighted by Crippen LogP contribution is 2.07. The molecule has 1 aromatic carbocycles. The van der Waals surface area contributed by atoms with Gasteiger partial charge in [-0.25, -0.2) is 4.79 Å². The molecule has 0 saturated heterocycles. The van der Waals surface area contributed by atoms with E-state index in [2.05, 4.69) is 4.74 Å². The van der Waals surface area contributed by atoms with Gasteiger partial charge in [-0.05, 0) is 18.2 Å². The Morgan fingerprint density at radius 3 is 2.43 bits per heavy atom. The SMILES string of the molecule is COC(=N)c1cccc(C(=O)OC)c1. The lowest BCUT2D eigenvalue weighted by Crippen LogP contribution is -2.05. The van der Waals surface area contributed by atoms with E-state index in [9.17, 15) is 4.79 Å². The normalized spacial score (nSPS) is 9.29. The number of carbonyl (C=O) groups is 1. The van der Waals surface area contributed by atoms with E-state index in [1.165, 1.54) is 14.2 Å². The molecule has 0 aliphatic heterocycles. The number of benzene rings is 1. The van der Waals surface area contributed by atoms with Gasteiger partial charge in [-0.1, -0.05) is 6.07 Å². The van der Waals surface area contributed by atoms with Gasteiger partial charge in [-0.3, -0.25) is 5.41 Å². The summed E-state index contributed by atoms with van der Waals surface area (Å²) >= 11 is 0. The Bertz CT molecular complexity index is 329. The van der Waals surface area contributed by atoms with Gasteiger partial charge in [-0.15, -0.1) is 0 Å². The highest BCUT2D eigenvalue weighted by molar-refractivity contribution is 5.96. The van der Waals surface area contributed by atoms with Crippen molar-refractivity contribution in [1.82, 2.24) is 0 Å². The molecule has 0 saturated carbocycles. The molecule has 4 nitrogen and oxygen atoms in total. The fourth-order valence-corrected chi connectivity index (χ4v) is 1.02. The van der Waals surface area contributed by atoms with E-state index in [1.807, 2.05) is 0 Å². The Kier molecular flexibility index (Phi) is 3.23. The standard InChI is InChI=1S/C10H11NO3/c1-13-9(11)7-4-3-5-8(6-7)10(12)14-2/h3-6,11H,1-2H3. The molecule has 0 fully saturated rings. The summed E-state index contributed by atoms with van der Waals surface area (Å²) in [6, 6.07) is 6.54. The summed E-state index contributed by atoms with van der Waals surface area (Å²) in [6.45, 7) is 0. The number of hydrogen-bond donors (Lipinski definition) is 1. The van der Waals surface area contributed by atoms with Crippen LogP contribution in [0.2, 0.25) is 0 Å². The summed E-state index contributed by atoms with van der Waals surface area (Å²) in [6.07, 6.45) is 0. The molecule has 0 amide bonds. The number of esters is 1. The topological polar surface area (TPSA) is 59.4 Å². The summed E-state index contributed by atoms with van der Waals surface area (Å²) in [5, 5.41) is 7.40. The minimum absolute atomic E-state index is 0.0238. The number of ether oxygens (including phenoxy) is 2. The minimum atomic E-state index is -0.421. The van der Waals surface area contributed by atoms with E-state index in [0.717, 1.165) is 0 Å². The molecule has 0 atom stereocenters. The van der Waals surface area contributed by atoms with Crippen LogP contribution in [0.4, 0.5) is 0 Å². The van der Waals surface area contributed by atoms with Crippen LogP contribution < -0.4 is 0 Å². The Morgan fingerprint density at radius 1 is 1.21 bits per heavy atom. The molecule has 0 bridgehead atoms. The van der Waals surface area contributed by atoms with Crippen LogP contribution in [0, 0.1) is 5.41 Å². The zero-order chi connectivity index (χ0) is 10.6. The molecule has 1 aromatic rings. The first-order chi connectivity index (χ1) is 6.69. The molecule has 14 heavy (non-hydrogen) atoms. The second-order valence-electron chi connectivity index (χ2n) is 2.61. The van der Waals surface area contributed by atoms with Gasteiger partial charge in [0.2, 0.25) is 5.90 Å². The van der Waals surface area contributed by atoms with Crippen LogP contribution in [0.3, 0.4) is 0 Å². The van der Waals surface area contributed by atoms with E-state index in [1.54, 1.807) is 24.3 Å². The van der Waals surface area contributed by atoms with E-state index in [-0.39, 0.29) is 5.90 Å². The molecular formula is C10H11NO3. The van der Waals surface area contributed by atoms with Gasteiger partial charge in [-0.2, -0.15) is 0 Å². The van der Waals surface area contributed by atoms with Crippen molar-refractivity contribution < 1.29 is 14.3 Å². The van der Waals surface area contributed by atoms with E-state index in [0.29, 0.717) is 11.1 Å². The molecule has 0 aromatic heterocycles. The molecule has 74 valence electrons. The summed E-state index contributed by atoms with van der Waals surface area (Å²) in [5.41, 5.74) is 0.960. The van der Waals surface area contributed by atoms with E-state index in [4.69, 9.17) is 10.1 Å². The number of hydrogen-bond acceptors (Lipinski definition) is 4. The maximum Gasteiger partial charge on any atom is 0.337 e. The fourth-order valence-electron chi connectivity index (χ4n) is 1.02. The van der Waals surface area contributed by atoms with Crippen LogP contribution in [-0.2, 0) is 9.47 Å². The molecule has 0 aliphatic rings. The smallest absolute Gasteiger partial charge is 0.337 e. The van der Waals surface area contributed by atoms with Crippen LogP contribution in [-0.4, -0.2) is 26.1 Å². The van der Waals surface area contributed by atoms with Crippen molar-refractivity contribution >= 4 is 11.9 Å². The average Bonchev–Trinajstić information content (AvgIpc) is 2.27. The molecule has 1 rings (SSSR count). The number of rotatable bonds is 2. The maximum absolute atomic E-state index is 11.1. The summed E-state index contributed by atoms with van der Waals surface area (Å²) in [5.74, 6) is -0.397. The van der Waals surface area contributed by atoms with Crippen molar-refractivity contribution in [2.45, 2.75) is 0 Å². The maximum atomic E-state index is 11.1. The highest BCUT2D eigenvalue weighted by Gasteiger charge is 2.07. The first kappa shape index (κ1) is 10.2. The number of methoxy groups -OCH3 is 2. The van der Waals surface area contributed by atoms with E-state index < -0.39 is 5.97 Å². The Hall–Kier alpha value is -1.84. The second kappa shape index (κ2) is 4.41. The van der Waals surface area contributed by atoms with Crippen LogP contribution in [0.5, 0.6) is 0 Å². The first-order valence-electron chi connectivity index (χ1n) is 4.00. The third kappa shape index (κ3) is 2.10. The predicted octanol–water partition coefficient (Wildman–Crippen LogP) is 1.44. The Balaban J connectivity index is 3.01. The van der Waals surface area contributed by atoms with Gasteiger partial charge in [0.1, 0.15) is 0 Å². The van der Waals surface area contributed by atoms with Crippen molar-refractivity contribution in [3.05, 3.63) is 35.4 Å². The molecule has 0 unspecified atom stereocenters. The van der Waals surface area contributed by atoms with Crippen molar-refractivity contribution in [3.8, 4) is 0 Å². The Labute approximate surface area is 82.0 Å². The summed E-state index contributed by atoms with van der Waals surface area (Å²) in [4.78, 5) is 11.1. The molecule has 4 heteroatoms. The second-order valence-corrected chi connectivity index (χ2v) is 2.61. The summed E-state index contributed by atoms with van der Waals surface area (Å²) < 4.78 is 9.29. The van der Waals surface area contributed by atoms with Crippen molar-refractivity contribution in [2.75, 3.05) is 14.2 Å². The Morgan fingerprint density at radius 2 is 1.86 bits per heavy atom.